The van der Waals surface area contributed by atoms with Crippen LogP contribution in [0.2, 0.25) is 0 Å². The third kappa shape index (κ3) is 4.15. The fourth-order valence-corrected chi connectivity index (χ4v) is 1.15. The summed E-state index contributed by atoms with van der Waals surface area (Å²) in [5, 5.41) is 2.55. The Kier molecular flexibility index (Phi) is 3.82. The molecule has 0 aliphatic carbocycles. The summed E-state index contributed by atoms with van der Waals surface area (Å²) in [5.41, 5.74) is 6.21. The average Bonchev–Trinajstić information content (AvgIpc) is 2.14. The number of carbonyl (C=O) groups is 1. The van der Waals surface area contributed by atoms with Crippen LogP contribution in [0.5, 0.6) is 0 Å². The van der Waals surface area contributed by atoms with E-state index in [-0.39, 0.29) is 0 Å². The molecule has 2 amide bonds. The molecule has 0 aliphatic heterocycles. The van der Waals surface area contributed by atoms with Gasteiger partial charge in [-0.1, -0.05) is 30.3 Å². The van der Waals surface area contributed by atoms with Gasteiger partial charge >= 0.3 is 6.03 Å². The molecule has 0 radical (unpaired) electrons. The van der Waals surface area contributed by atoms with Gasteiger partial charge in [0, 0.05) is 6.54 Å². The van der Waals surface area contributed by atoms with E-state index in [1.54, 1.807) is 0 Å². The molecule has 0 atom stereocenters. The lowest BCUT2D eigenvalue weighted by molar-refractivity contribution is 0.249. The van der Waals surface area contributed by atoms with Crippen molar-refractivity contribution in [3.8, 4) is 0 Å². The first-order valence-electron chi connectivity index (χ1n) is 4.36. The number of urea groups is 1. The second-order valence-electron chi connectivity index (χ2n) is 2.88. The van der Waals surface area contributed by atoms with Crippen molar-refractivity contribution in [2.75, 3.05) is 6.54 Å². The van der Waals surface area contributed by atoms with Crippen LogP contribution < -0.4 is 11.1 Å². The minimum Gasteiger partial charge on any atom is -0.352 e. The molecule has 70 valence electrons. The summed E-state index contributed by atoms with van der Waals surface area (Å²) in [6.07, 6.45) is 1.90. The van der Waals surface area contributed by atoms with E-state index in [9.17, 15) is 4.79 Å². The highest BCUT2D eigenvalue weighted by atomic mass is 16.2. The fourth-order valence-electron chi connectivity index (χ4n) is 1.15. The number of hydrogen-bond donors (Lipinski definition) is 2. The Morgan fingerprint density at radius 3 is 2.62 bits per heavy atom. The maximum Gasteiger partial charge on any atom is 0.312 e. The number of carbonyl (C=O) groups excluding carboxylic acids is 1. The van der Waals surface area contributed by atoms with Crippen molar-refractivity contribution >= 4 is 6.03 Å². The molecule has 3 heteroatoms. The molecule has 0 heterocycles. The number of aryl methyl sites for hydroxylation is 1. The van der Waals surface area contributed by atoms with Gasteiger partial charge in [-0.15, -0.1) is 0 Å². The molecule has 0 bridgehead atoms. The number of benzene rings is 1. The average molecular weight is 178 g/mol. The number of hydrogen-bond acceptors (Lipinski definition) is 1. The molecule has 0 unspecified atom stereocenters. The minimum atomic E-state index is -0.451. The quantitative estimate of drug-likeness (QED) is 0.670. The van der Waals surface area contributed by atoms with Gasteiger partial charge in [0.05, 0.1) is 0 Å². The Balaban J connectivity index is 2.17. The van der Waals surface area contributed by atoms with Gasteiger partial charge < -0.3 is 11.1 Å². The minimum absolute atomic E-state index is 0.451. The summed E-state index contributed by atoms with van der Waals surface area (Å²) in [6.45, 7) is 0.643. The highest BCUT2D eigenvalue weighted by molar-refractivity contribution is 5.71. The molecule has 3 nitrogen and oxygen atoms in total. The topological polar surface area (TPSA) is 55.1 Å². The maximum absolute atomic E-state index is 10.3. The molecule has 0 aliphatic rings. The summed E-state index contributed by atoms with van der Waals surface area (Å²) in [5.74, 6) is 0. The van der Waals surface area contributed by atoms with Crippen molar-refractivity contribution < 1.29 is 4.79 Å². The predicted octanol–water partition coefficient (Wildman–Crippen LogP) is 1.29. The van der Waals surface area contributed by atoms with Gasteiger partial charge in [0.15, 0.2) is 0 Å². The summed E-state index contributed by atoms with van der Waals surface area (Å²) in [6, 6.07) is 9.71. The van der Waals surface area contributed by atoms with Gasteiger partial charge in [-0.3, -0.25) is 0 Å². The van der Waals surface area contributed by atoms with Crippen LogP contribution in [0.4, 0.5) is 4.79 Å². The van der Waals surface area contributed by atoms with Gasteiger partial charge in [0.25, 0.3) is 0 Å². The van der Waals surface area contributed by atoms with Crippen LogP contribution in [0.3, 0.4) is 0 Å². The summed E-state index contributed by atoms with van der Waals surface area (Å²) in [7, 11) is 0. The molecule has 0 saturated carbocycles. The first kappa shape index (κ1) is 9.58. The first-order chi connectivity index (χ1) is 6.29. The molecule has 0 fully saturated rings. The fraction of sp³-hybridized carbons (Fsp3) is 0.300. The smallest absolute Gasteiger partial charge is 0.312 e. The first-order valence-corrected chi connectivity index (χ1v) is 4.36. The normalized spacial score (nSPS) is 9.54. The van der Waals surface area contributed by atoms with Gasteiger partial charge in [0.1, 0.15) is 0 Å². The van der Waals surface area contributed by atoms with Crippen LogP contribution in [0.25, 0.3) is 0 Å². The van der Waals surface area contributed by atoms with Gasteiger partial charge in [-0.2, -0.15) is 0 Å². The van der Waals surface area contributed by atoms with Gasteiger partial charge in [-0.25, -0.2) is 4.79 Å². The van der Waals surface area contributed by atoms with E-state index < -0.39 is 6.03 Å². The van der Waals surface area contributed by atoms with Crippen LogP contribution in [0.1, 0.15) is 12.0 Å². The molecule has 0 aromatic heterocycles. The van der Waals surface area contributed by atoms with Crippen molar-refractivity contribution in [3.05, 3.63) is 35.9 Å². The third-order valence-electron chi connectivity index (χ3n) is 1.78. The van der Waals surface area contributed by atoms with E-state index in [2.05, 4.69) is 17.4 Å². The zero-order valence-electron chi connectivity index (χ0n) is 7.49. The van der Waals surface area contributed by atoms with E-state index in [4.69, 9.17) is 5.73 Å². The lowest BCUT2D eigenvalue weighted by atomic mass is 10.1. The Hall–Kier alpha value is -1.51. The molecule has 1 aromatic carbocycles. The third-order valence-corrected chi connectivity index (χ3v) is 1.78. The second-order valence-corrected chi connectivity index (χ2v) is 2.88. The van der Waals surface area contributed by atoms with Crippen molar-refractivity contribution in [1.82, 2.24) is 5.32 Å². The summed E-state index contributed by atoms with van der Waals surface area (Å²) < 4.78 is 0. The zero-order valence-corrected chi connectivity index (χ0v) is 7.49. The Morgan fingerprint density at radius 2 is 2.00 bits per heavy atom. The van der Waals surface area contributed by atoms with Crippen molar-refractivity contribution in [2.45, 2.75) is 12.8 Å². The predicted molar refractivity (Wildman–Crippen MR) is 52.3 cm³/mol. The SMILES string of the molecule is NC(=O)NCCCc1ccccc1. The number of nitrogens with one attached hydrogen (secondary N) is 1. The summed E-state index contributed by atoms with van der Waals surface area (Å²) in [4.78, 5) is 10.3. The molecule has 1 rings (SSSR count). The molecule has 0 saturated heterocycles. The summed E-state index contributed by atoms with van der Waals surface area (Å²) >= 11 is 0. The molecule has 3 N–H and O–H groups in total. The Labute approximate surface area is 77.9 Å². The Morgan fingerprint density at radius 1 is 1.31 bits per heavy atom. The van der Waals surface area contributed by atoms with Gasteiger partial charge in [-0.05, 0) is 18.4 Å². The van der Waals surface area contributed by atoms with E-state index in [0.29, 0.717) is 6.54 Å². The lowest BCUT2D eigenvalue weighted by Crippen LogP contribution is -2.30. The monoisotopic (exact) mass is 178 g/mol. The van der Waals surface area contributed by atoms with E-state index in [0.717, 1.165) is 12.8 Å². The second kappa shape index (κ2) is 5.19. The van der Waals surface area contributed by atoms with Crippen LogP contribution >= 0.6 is 0 Å². The van der Waals surface area contributed by atoms with Crippen molar-refractivity contribution in [2.24, 2.45) is 5.73 Å². The van der Waals surface area contributed by atoms with E-state index in [1.807, 2.05) is 18.2 Å². The van der Waals surface area contributed by atoms with Crippen LogP contribution in [0.15, 0.2) is 30.3 Å². The number of nitrogens with two attached hydrogens (primary N) is 1. The van der Waals surface area contributed by atoms with Crippen LogP contribution in [-0.4, -0.2) is 12.6 Å². The highest BCUT2D eigenvalue weighted by Gasteiger charge is 1.93. The lowest BCUT2D eigenvalue weighted by Gasteiger charge is -2.01. The van der Waals surface area contributed by atoms with E-state index in [1.165, 1.54) is 5.56 Å². The number of rotatable bonds is 4. The standard InChI is InChI=1S/C10H14N2O/c11-10(13)12-8-4-7-9-5-2-1-3-6-9/h1-3,5-6H,4,7-8H2,(H3,11,12,13). The molecule has 0 spiro atoms. The molecular formula is C10H14N2O. The van der Waals surface area contributed by atoms with Crippen LogP contribution in [0, 0.1) is 0 Å². The number of primary amides is 1. The zero-order chi connectivity index (χ0) is 9.52. The van der Waals surface area contributed by atoms with Crippen LogP contribution in [-0.2, 0) is 6.42 Å². The van der Waals surface area contributed by atoms with Gasteiger partial charge in [0.2, 0.25) is 0 Å². The highest BCUT2D eigenvalue weighted by Crippen LogP contribution is 2.00. The Bertz CT molecular complexity index is 259. The largest absolute Gasteiger partial charge is 0.352 e. The van der Waals surface area contributed by atoms with E-state index >= 15 is 0 Å². The van der Waals surface area contributed by atoms with Crippen molar-refractivity contribution in [1.29, 1.82) is 0 Å². The molecular weight excluding hydrogens is 164 g/mol. The molecule has 13 heavy (non-hydrogen) atoms. The number of amides is 2. The molecule has 1 aromatic rings. The maximum atomic E-state index is 10.3. The van der Waals surface area contributed by atoms with Crippen molar-refractivity contribution in [3.63, 3.8) is 0 Å².